The number of rotatable bonds is 6. The highest BCUT2D eigenvalue weighted by molar-refractivity contribution is 6.42. The molecule has 2 amide bonds. The van der Waals surface area contributed by atoms with Gasteiger partial charge in [0, 0.05) is 36.9 Å². The van der Waals surface area contributed by atoms with E-state index in [0.29, 0.717) is 28.3 Å². The number of nitrogens with zero attached hydrogens (tertiary/aromatic N) is 3. The number of aromatic nitrogens is 1. The molecule has 3 heterocycles. The molecule has 0 saturated carbocycles. The van der Waals surface area contributed by atoms with Crippen molar-refractivity contribution in [2.45, 2.75) is 24.8 Å². The minimum Gasteiger partial charge on any atom is -0.497 e. The van der Waals surface area contributed by atoms with Gasteiger partial charge in [0.15, 0.2) is 0 Å². The summed E-state index contributed by atoms with van der Waals surface area (Å²) in [4.78, 5) is 21.6. The van der Waals surface area contributed by atoms with Crippen molar-refractivity contribution in [1.29, 1.82) is 0 Å². The molecular weight excluding hydrogens is 543 g/mol. The molecule has 2 aliphatic heterocycles. The van der Waals surface area contributed by atoms with Gasteiger partial charge in [-0.3, -0.25) is 9.80 Å². The first-order chi connectivity index (χ1) is 18.4. The van der Waals surface area contributed by atoms with E-state index in [0.717, 1.165) is 55.0 Å². The maximum atomic E-state index is 13.3. The molecule has 1 spiro atoms. The Labute approximate surface area is 238 Å². The Morgan fingerprint density at radius 2 is 1.89 bits per heavy atom. The molecule has 1 fully saturated rings. The summed E-state index contributed by atoms with van der Waals surface area (Å²) in [6, 6.07) is 15.2. The van der Waals surface area contributed by atoms with Crippen molar-refractivity contribution in [3.63, 3.8) is 0 Å². The average Bonchev–Trinajstić information content (AvgIpc) is 3.23. The van der Waals surface area contributed by atoms with E-state index in [2.05, 4.69) is 33.4 Å². The fourth-order valence-corrected chi connectivity index (χ4v) is 5.83. The van der Waals surface area contributed by atoms with Crippen LogP contribution in [0.15, 0.2) is 60.8 Å². The number of benzene rings is 2. The van der Waals surface area contributed by atoms with E-state index < -0.39 is 0 Å². The zero-order valence-electron chi connectivity index (χ0n) is 21.1. The standard InChI is InChI=1S/C29H29Cl3N4O2/c1-38-22-5-7-26-23(17-22)29(19-36(26)28(37)34-18-21-8-11-33-27(32)16-21)9-13-35(14-10-29)12-2-3-20-4-6-24(30)25(31)15-20/h2-8,11,15-17H,9-10,12-14,18-19H2,1H3,(H,34,37). The normalized spacial score (nSPS) is 16.7. The number of carbonyl (C=O) groups is 1. The molecule has 6 nitrogen and oxygen atoms in total. The van der Waals surface area contributed by atoms with Gasteiger partial charge in [0.1, 0.15) is 10.9 Å². The highest BCUT2D eigenvalue weighted by Gasteiger charge is 2.46. The molecule has 38 heavy (non-hydrogen) atoms. The van der Waals surface area contributed by atoms with Crippen molar-refractivity contribution in [2.75, 3.05) is 38.2 Å². The summed E-state index contributed by atoms with van der Waals surface area (Å²) in [5.74, 6) is 0.809. The number of anilines is 1. The smallest absolute Gasteiger partial charge is 0.322 e. The molecule has 2 aromatic carbocycles. The summed E-state index contributed by atoms with van der Waals surface area (Å²) < 4.78 is 5.54. The lowest BCUT2D eigenvalue weighted by Gasteiger charge is -2.39. The fraction of sp³-hybridized carbons (Fsp3) is 0.310. The van der Waals surface area contributed by atoms with E-state index in [1.165, 1.54) is 5.56 Å². The van der Waals surface area contributed by atoms with Crippen LogP contribution in [0.2, 0.25) is 15.2 Å². The van der Waals surface area contributed by atoms with E-state index in [9.17, 15) is 4.79 Å². The maximum Gasteiger partial charge on any atom is 0.322 e. The molecule has 0 bridgehead atoms. The van der Waals surface area contributed by atoms with E-state index in [4.69, 9.17) is 39.5 Å². The number of amides is 2. The van der Waals surface area contributed by atoms with Crippen LogP contribution in [0.4, 0.5) is 10.5 Å². The molecule has 2 aliphatic rings. The van der Waals surface area contributed by atoms with Crippen molar-refractivity contribution in [1.82, 2.24) is 15.2 Å². The van der Waals surface area contributed by atoms with Crippen LogP contribution in [0, 0.1) is 0 Å². The zero-order chi connectivity index (χ0) is 26.7. The molecule has 5 rings (SSSR count). The number of urea groups is 1. The van der Waals surface area contributed by atoms with Gasteiger partial charge in [-0.05, 0) is 85.1 Å². The van der Waals surface area contributed by atoms with Crippen molar-refractivity contribution in [3.8, 4) is 5.75 Å². The molecule has 0 atom stereocenters. The number of hydrogen-bond donors (Lipinski definition) is 1. The highest BCUT2D eigenvalue weighted by Crippen LogP contribution is 2.48. The van der Waals surface area contributed by atoms with Crippen molar-refractivity contribution < 1.29 is 9.53 Å². The third-order valence-electron chi connectivity index (χ3n) is 7.44. The first kappa shape index (κ1) is 26.8. The van der Waals surface area contributed by atoms with Gasteiger partial charge in [0.2, 0.25) is 0 Å². The van der Waals surface area contributed by atoms with Crippen LogP contribution >= 0.6 is 34.8 Å². The predicted octanol–water partition coefficient (Wildman–Crippen LogP) is 6.83. The van der Waals surface area contributed by atoms with E-state index in [-0.39, 0.29) is 11.4 Å². The van der Waals surface area contributed by atoms with Gasteiger partial charge in [-0.25, -0.2) is 9.78 Å². The van der Waals surface area contributed by atoms with E-state index in [1.54, 1.807) is 19.4 Å². The van der Waals surface area contributed by atoms with Gasteiger partial charge in [0.05, 0.1) is 17.2 Å². The van der Waals surface area contributed by atoms with Crippen LogP contribution in [0.1, 0.15) is 29.5 Å². The number of fused-ring (bicyclic) bond motifs is 2. The van der Waals surface area contributed by atoms with Gasteiger partial charge in [-0.15, -0.1) is 0 Å². The summed E-state index contributed by atoms with van der Waals surface area (Å²) >= 11 is 18.2. The lowest BCUT2D eigenvalue weighted by molar-refractivity contribution is 0.180. The van der Waals surface area contributed by atoms with Crippen LogP contribution in [-0.2, 0) is 12.0 Å². The van der Waals surface area contributed by atoms with Crippen LogP contribution in [0.25, 0.3) is 6.08 Å². The molecule has 3 aromatic rings. The quantitative estimate of drug-likeness (QED) is 0.330. The van der Waals surface area contributed by atoms with Crippen molar-refractivity contribution in [2.24, 2.45) is 0 Å². The number of hydrogen-bond acceptors (Lipinski definition) is 4. The van der Waals surface area contributed by atoms with Crippen molar-refractivity contribution in [3.05, 3.63) is 92.7 Å². The Balaban J connectivity index is 1.26. The number of pyridine rings is 1. The summed E-state index contributed by atoms with van der Waals surface area (Å²) in [6.07, 6.45) is 7.79. The molecule has 0 aliphatic carbocycles. The average molecular weight is 572 g/mol. The molecule has 9 heteroatoms. The largest absolute Gasteiger partial charge is 0.497 e. The lowest BCUT2D eigenvalue weighted by atomic mass is 9.74. The van der Waals surface area contributed by atoms with Crippen LogP contribution in [0.5, 0.6) is 5.75 Å². The second kappa shape index (κ2) is 11.5. The third-order valence-corrected chi connectivity index (χ3v) is 8.38. The Kier molecular flexibility index (Phi) is 8.15. The number of nitrogens with one attached hydrogen (secondary N) is 1. The van der Waals surface area contributed by atoms with Gasteiger partial charge < -0.3 is 10.1 Å². The molecule has 1 saturated heterocycles. The Morgan fingerprint density at radius 1 is 1.08 bits per heavy atom. The maximum absolute atomic E-state index is 13.3. The predicted molar refractivity (Wildman–Crippen MR) is 155 cm³/mol. The first-order valence-corrected chi connectivity index (χ1v) is 13.7. The highest BCUT2D eigenvalue weighted by atomic mass is 35.5. The fourth-order valence-electron chi connectivity index (χ4n) is 5.33. The minimum absolute atomic E-state index is 0.106. The van der Waals surface area contributed by atoms with Gasteiger partial charge >= 0.3 is 6.03 Å². The van der Waals surface area contributed by atoms with Crippen LogP contribution < -0.4 is 15.0 Å². The zero-order valence-corrected chi connectivity index (χ0v) is 23.4. The topological polar surface area (TPSA) is 57.7 Å². The monoisotopic (exact) mass is 570 g/mol. The van der Waals surface area contributed by atoms with Crippen LogP contribution in [0.3, 0.4) is 0 Å². The van der Waals surface area contributed by atoms with Gasteiger partial charge in [-0.2, -0.15) is 0 Å². The minimum atomic E-state index is -0.117. The second-order valence-corrected chi connectivity index (χ2v) is 11.0. The Bertz CT molecular complexity index is 1360. The Morgan fingerprint density at radius 3 is 2.63 bits per heavy atom. The van der Waals surface area contributed by atoms with Gasteiger partial charge in [0.25, 0.3) is 0 Å². The SMILES string of the molecule is COc1ccc2c(c1)C1(CCN(CC=Cc3ccc(Cl)c(Cl)c3)CC1)CN2C(=O)NCc1ccnc(Cl)c1. The van der Waals surface area contributed by atoms with E-state index >= 15 is 0 Å². The number of carbonyl (C=O) groups excluding carboxylic acids is 1. The number of methoxy groups -OCH3 is 1. The summed E-state index contributed by atoms with van der Waals surface area (Å²) in [6.45, 7) is 3.75. The number of ether oxygens (including phenoxy) is 1. The second-order valence-electron chi connectivity index (χ2n) is 9.77. The lowest BCUT2D eigenvalue weighted by Crippen LogP contribution is -2.47. The molecule has 1 aromatic heterocycles. The van der Waals surface area contributed by atoms with E-state index in [1.807, 2.05) is 41.3 Å². The molecular formula is C29H29Cl3N4O2. The molecule has 1 N–H and O–H groups in total. The van der Waals surface area contributed by atoms with Crippen LogP contribution in [-0.4, -0.2) is 49.2 Å². The first-order valence-electron chi connectivity index (χ1n) is 12.6. The number of halogens is 3. The molecule has 198 valence electrons. The summed E-state index contributed by atoms with van der Waals surface area (Å²) in [7, 11) is 1.68. The van der Waals surface area contributed by atoms with Crippen molar-refractivity contribution >= 4 is 52.6 Å². The summed E-state index contributed by atoms with van der Waals surface area (Å²) in [5.41, 5.74) is 3.96. The summed E-state index contributed by atoms with van der Waals surface area (Å²) in [5, 5.41) is 4.58. The Hall–Kier alpha value is -2.77. The molecule has 0 radical (unpaired) electrons. The van der Waals surface area contributed by atoms with Gasteiger partial charge in [-0.1, -0.05) is 53.0 Å². The molecule has 0 unspecified atom stereocenters. The third kappa shape index (κ3) is 5.79. The number of likely N-dealkylation sites (tertiary alicyclic amines) is 1. The number of piperidine rings is 1.